The molecule has 2 aromatic heterocycles. The van der Waals surface area contributed by atoms with Crippen LogP contribution in [0.5, 0.6) is 0 Å². The van der Waals surface area contributed by atoms with Crippen molar-refractivity contribution in [1.82, 2.24) is 14.9 Å². The lowest BCUT2D eigenvalue weighted by molar-refractivity contribution is -0.140. The summed E-state index contributed by atoms with van der Waals surface area (Å²) in [5, 5.41) is 11.4. The lowest BCUT2D eigenvalue weighted by Crippen LogP contribution is -2.29. The average Bonchev–Trinajstić information content (AvgIpc) is 3.00. The molecule has 0 bridgehead atoms. The second-order valence-corrected chi connectivity index (χ2v) is 7.01. The summed E-state index contributed by atoms with van der Waals surface area (Å²) >= 11 is 5.93. The normalized spacial score (nSPS) is 18.2. The van der Waals surface area contributed by atoms with Crippen LogP contribution in [0.25, 0.3) is 5.76 Å². The number of aromatic nitrogens is 2. The van der Waals surface area contributed by atoms with Crippen molar-refractivity contribution in [3.63, 3.8) is 0 Å². The van der Waals surface area contributed by atoms with E-state index in [4.69, 9.17) is 11.6 Å². The van der Waals surface area contributed by atoms with Crippen molar-refractivity contribution in [2.75, 3.05) is 0 Å². The number of rotatable bonds is 4. The van der Waals surface area contributed by atoms with Crippen LogP contribution in [0.2, 0.25) is 5.02 Å². The molecule has 0 aliphatic carbocycles. The Balaban J connectivity index is 1.85. The van der Waals surface area contributed by atoms with Gasteiger partial charge in [0.05, 0.1) is 11.6 Å². The first-order valence-electron chi connectivity index (χ1n) is 8.89. The SMILES string of the molecule is O=C1C(=O)N(Cc2cccnc2)C(c2ccncc2)C1=C(O)c1ccc(Cl)cc1. The molecule has 0 saturated carbocycles. The summed E-state index contributed by atoms with van der Waals surface area (Å²) in [6.45, 7) is 0.183. The first-order chi connectivity index (χ1) is 14.1. The molecule has 29 heavy (non-hydrogen) atoms. The summed E-state index contributed by atoms with van der Waals surface area (Å²) in [6.07, 6.45) is 6.45. The molecule has 1 saturated heterocycles. The molecule has 7 heteroatoms. The molecular weight excluding hydrogens is 390 g/mol. The molecule has 1 fully saturated rings. The van der Waals surface area contributed by atoms with Gasteiger partial charge in [0.15, 0.2) is 0 Å². The zero-order chi connectivity index (χ0) is 20.4. The van der Waals surface area contributed by atoms with Gasteiger partial charge in [-0.05, 0) is 53.6 Å². The number of aliphatic hydroxyl groups excluding tert-OH is 1. The Morgan fingerprint density at radius 1 is 1.00 bits per heavy atom. The van der Waals surface area contributed by atoms with Crippen molar-refractivity contribution < 1.29 is 14.7 Å². The molecule has 1 atom stereocenters. The van der Waals surface area contributed by atoms with Crippen LogP contribution < -0.4 is 0 Å². The minimum atomic E-state index is -0.742. The summed E-state index contributed by atoms with van der Waals surface area (Å²) in [7, 11) is 0. The van der Waals surface area contributed by atoms with Crippen LogP contribution in [0.3, 0.4) is 0 Å². The number of hydrogen-bond donors (Lipinski definition) is 1. The Hall–Kier alpha value is -3.51. The van der Waals surface area contributed by atoms with E-state index in [9.17, 15) is 14.7 Å². The van der Waals surface area contributed by atoms with Crippen LogP contribution in [-0.4, -0.2) is 31.7 Å². The third-order valence-electron chi connectivity index (χ3n) is 4.76. The number of aliphatic hydroxyl groups is 1. The smallest absolute Gasteiger partial charge is 0.295 e. The summed E-state index contributed by atoms with van der Waals surface area (Å²) in [6, 6.07) is 12.7. The largest absolute Gasteiger partial charge is 0.507 e. The molecule has 4 rings (SSSR count). The van der Waals surface area contributed by atoms with E-state index in [-0.39, 0.29) is 17.9 Å². The molecule has 144 valence electrons. The van der Waals surface area contributed by atoms with Crippen molar-refractivity contribution in [3.8, 4) is 0 Å². The summed E-state index contributed by atoms with van der Waals surface area (Å²) in [4.78, 5) is 35.3. The molecule has 3 aromatic rings. The van der Waals surface area contributed by atoms with Crippen LogP contribution in [-0.2, 0) is 16.1 Å². The van der Waals surface area contributed by atoms with Gasteiger partial charge in [-0.1, -0.05) is 17.7 Å². The van der Waals surface area contributed by atoms with Crippen LogP contribution >= 0.6 is 11.6 Å². The fourth-order valence-corrected chi connectivity index (χ4v) is 3.51. The number of ketones is 1. The van der Waals surface area contributed by atoms with Gasteiger partial charge in [0.2, 0.25) is 0 Å². The Kier molecular flexibility index (Phi) is 5.10. The second kappa shape index (κ2) is 7.85. The topological polar surface area (TPSA) is 83.4 Å². The zero-order valence-electron chi connectivity index (χ0n) is 15.2. The van der Waals surface area contributed by atoms with Gasteiger partial charge in [-0.25, -0.2) is 0 Å². The van der Waals surface area contributed by atoms with E-state index in [1.807, 2.05) is 6.07 Å². The van der Waals surface area contributed by atoms with E-state index in [2.05, 4.69) is 9.97 Å². The molecule has 1 unspecified atom stereocenters. The molecule has 6 nitrogen and oxygen atoms in total. The van der Waals surface area contributed by atoms with Gasteiger partial charge in [0.1, 0.15) is 5.76 Å². The summed E-state index contributed by atoms with van der Waals surface area (Å²) < 4.78 is 0. The van der Waals surface area contributed by atoms with Crippen molar-refractivity contribution in [1.29, 1.82) is 0 Å². The van der Waals surface area contributed by atoms with Gasteiger partial charge in [-0.2, -0.15) is 0 Å². The maximum atomic E-state index is 12.9. The van der Waals surface area contributed by atoms with Gasteiger partial charge in [0, 0.05) is 41.9 Å². The molecule has 1 aromatic carbocycles. The first kappa shape index (κ1) is 18.8. The number of Topliss-reactive ketones (excluding diaryl/α,β-unsaturated/α-hetero) is 1. The molecule has 0 radical (unpaired) electrons. The van der Waals surface area contributed by atoms with Gasteiger partial charge in [-0.3, -0.25) is 19.6 Å². The summed E-state index contributed by atoms with van der Waals surface area (Å²) in [5.41, 5.74) is 1.90. The van der Waals surface area contributed by atoms with E-state index < -0.39 is 17.7 Å². The van der Waals surface area contributed by atoms with E-state index >= 15 is 0 Å². The fraction of sp³-hybridized carbons (Fsp3) is 0.0909. The number of pyridine rings is 2. The molecular formula is C22H16ClN3O3. The summed E-state index contributed by atoms with van der Waals surface area (Å²) in [5.74, 6) is -1.65. The quantitative estimate of drug-likeness (QED) is 0.406. The Bertz CT molecular complexity index is 1080. The predicted octanol–water partition coefficient (Wildman–Crippen LogP) is 3.75. The first-order valence-corrected chi connectivity index (χ1v) is 9.27. The fourth-order valence-electron chi connectivity index (χ4n) is 3.39. The average molecular weight is 406 g/mol. The number of nitrogens with zero attached hydrogens (tertiary/aromatic N) is 3. The molecule has 1 aliphatic rings. The highest BCUT2D eigenvalue weighted by molar-refractivity contribution is 6.46. The van der Waals surface area contributed by atoms with Crippen molar-refractivity contribution in [2.45, 2.75) is 12.6 Å². The van der Waals surface area contributed by atoms with E-state index in [0.29, 0.717) is 16.1 Å². The van der Waals surface area contributed by atoms with Crippen molar-refractivity contribution in [3.05, 3.63) is 101 Å². The van der Waals surface area contributed by atoms with Gasteiger partial charge in [0.25, 0.3) is 11.7 Å². The standard InChI is InChI=1S/C22H16ClN3O3/c23-17-5-3-16(4-6-17)20(27)18-19(15-7-10-24-11-8-15)26(22(29)21(18)28)13-14-2-1-9-25-12-14/h1-12,19,27H,13H2. The van der Waals surface area contributed by atoms with Crippen LogP contribution in [0, 0.1) is 0 Å². The maximum Gasteiger partial charge on any atom is 0.295 e. The molecule has 1 aliphatic heterocycles. The van der Waals surface area contributed by atoms with Crippen LogP contribution in [0.15, 0.2) is 78.9 Å². The van der Waals surface area contributed by atoms with Crippen molar-refractivity contribution >= 4 is 29.1 Å². The third-order valence-corrected chi connectivity index (χ3v) is 5.01. The predicted molar refractivity (Wildman–Crippen MR) is 108 cm³/mol. The molecule has 1 N–H and O–H groups in total. The third kappa shape index (κ3) is 3.62. The van der Waals surface area contributed by atoms with Crippen molar-refractivity contribution in [2.24, 2.45) is 0 Å². The number of halogens is 1. The second-order valence-electron chi connectivity index (χ2n) is 6.58. The minimum Gasteiger partial charge on any atom is -0.507 e. The molecule has 1 amide bonds. The van der Waals surface area contributed by atoms with Gasteiger partial charge >= 0.3 is 0 Å². The highest BCUT2D eigenvalue weighted by atomic mass is 35.5. The Morgan fingerprint density at radius 2 is 1.72 bits per heavy atom. The van der Waals surface area contributed by atoms with Gasteiger partial charge in [-0.15, -0.1) is 0 Å². The molecule has 3 heterocycles. The minimum absolute atomic E-state index is 0.0346. The monoisotopic (exact) mass is 405 g/mol. The van der Waals surface area contributed by atoms with E-state index in [1.54, 1.807) is 67.3 Å². The number of benzene rings is 1. The number of amides is 1. The van der Waals surface area contributed by atoms with Gasteiger partial charge < -0.3 is 10.0 Å². The number of likely N-dealkylation sites (tertiary alicyclic amines) is 1. The van der Waals surface area contributed by atoms with Crippen LogP contribution in [0.1, 0.15) is 22.7 Å². The lowest BCUT2D eigenvalue weighted by atomic mass is 9.96. The Morgan fingerprint density at radius 3 is 2.38 bits per heavy atom. The maximum absolute atomic E-state index is 12.9. The van der Waals surface area contributed by atoms with Crippen LogP contribution in [0.4, 0.5) is 0 Å². The highest BCUT2D eigenvalue weighted by Crippen LogP contribution is 2.40. The Labute approximate surface area is 172 Å². The number of hydrogen-bond acceptors (Lipinski definition) is 5. The highest BCUT2D eigenvalue weighted by Gasteiger charge is 2.46. The lowest BCUT2D eigenvalue weighted by Gasteiger charge is -2.25. The molecule has 0 spiro atoms. The van der Waals surface area contributed by atoms with E-state index in [1.165, 1.54) is 4.90 Å². The number of carbonyl (C=O) groups is 2. The van der Waals surface area contributed by atoms with E-state index in [0.717, 1.165) is 5.56 Å². The number of carbonyl (C=O) groups excluding carboxylic acids is 2. The zero-order valence-corrected chi connectivity index (χ0v) is 16.0.